The minimum absolute atomic E-state index is 0.148. The van der Waals surface area contributed by atoms with Crippen molar-refractivity contribution in [3.8, 4) is 11.5 Å². The van der Waals surface area contributed by atoms with Crippen LogP contribution in [0.25, 0.3) is 6.08 Å². The second-order valence-electron chi connectivity index (χ2n) is 5.24. The number of amides is 1. The van der Waals surface area contributed by atoms with Gasteiger partial charge in [0.15, 0.2) is 0 Å². The number of nitrogens with zero attached hydrogens (tertiary/aromatic N) is 1. The van der Waals surface area contributed by atoms with Crippen LogP contribution >= 0.6 is 24.0 Å². The smallest absolute Gasteiger partial charge is 0.267 e. The topological polar surface area (TPSA) is 61.8 Å². The number of ether oxygens (including phenoxy) is 1. The first-order chi connectivity index (χ1) is 12.1. The van der Waals surface area contributed by atoms with Crippen LogP contribution in [0.15, 0.2) is 53.4 Å². The molecule has 7 heteroatoms. The summed E-state index contributed by atoms with van der Waals surface area (Å²) in [7, 11) is 1.60. The number of rotatable bonds is 5. The first-order valence-electron chi connectivity index (χ1n) is 7.50. The molecule has 1 heterocycles. The van der Waals surface area contributed by atoms with Crippen LogP contribution in [0.4, 0.5) is 5.69 Å². The fourth-order valence-corrected chi connectivity index (χ4v) is 3.57. The van der Waals surface area contributed by atoms with Crippen molar-refractivity contribution in [1.29, 1.82) is 0 Å². The number of thioether (sulfide) groups is 1. The second kappa shape index (κ2) is 7.58. The molecule has 3 rings (SSSR count). The van der Waals surface area contributed by atoms with E-state index in [1.165, 1.54) is 16.7 Å². The van der Waals surface area contributed by atoms with Gasteiger partial charge in [0.1, 0.15) is 15.8 Å². The maximum absolute atomic E-state index is 12.6. The summed E-state index contributed by atoms with van der Waals surface area (Å²) in [6.45, 7) is 0.262. The summed E-state index contributed by atoms with van der Waals surface area (Å²) in [5.74, 6) is 0.740. The highest BCUT2D eigenvalue weighted by molar-refractivity contribution is 8.26. The molecule has 1 saturated heterocycles. The molecule has 2 aromatic carbocycles. The van der Waals surface area contributed by atoms with Crippen molar-refractivity contribution in [3.63, 3.8) is 0 Å². The van der Waals surface area contributed by atoms with Crippen LogP contribution in [0.5, 0.6) is 11.5 Å². The Hall–Kier alpha value is -2.51. The zero-order chi connectivity index (χ0) is 17.8. The van der Waals surface area contributed by atoms with Crippen LogP contribution < -0.4 is 10.1 Å². The molecule has 0 atom stereocenters. The Kier molecular flexibility index (Phi) is 5.25. The van der Waals surface area contributed by atoms with Crippen molar-refractivity contribution in [1.82, 2.24) is 4.90 Å². The highest BCUT2D eigenvalue weighted by Crippen LogP contribution is 2.33. The van der Waals surface area contributed by atoms with E-state index in [2.05, 4.69) is 5.32 Å². The number of carbonyl (C=O) groups excluding carboxylic acids is 1. The number of benzene rings is 2. The lowest BCUT2D eigenvalue weighted by molar-refractivity contribution is -0.121. The average molecular weight is 372 g/mol. The third-order valence-electron chi connectivity index (χ3n) is 3.60. The summed E-state index contributed by atoms with van der Waals surface area (Å²) in [5.41, 5.74) is 1.62. The third kappa shape index (κ3) is 3.94. The molecule has 1 aliphatic heterocycles. The van der Waals surface area contributed by atoms with Crippen molar-refractivity contribution in [2.24, 2.45) is 0 Å². The van der Waals surface area contributed by atoms with Gasteiger partial charge in [-0.15, -0.1) is 0 Å². The molecule has 0 saturated carbocycles. The zero-order valence-corrected chi connectivity index (χ0v) is 15.1. The van der Waals surface area contributed by atoms with E-state index in [1.54, 1.807) is 37.5 Å². The Morgan fingerprint density at radius 2 is 1.96 bits per heavy atom. The Balaban J connectivity index is 1.72. The molecule has 1 amide bonds. The van der Waals surface area contributed by atoms with E-state index >= 15 is 0 Å². The summed E-state index contributed by atoms with van der Waals surface area (Å²) in [5, 5.41) is 12.5. The predicted molar refractivity (Wildman–Crippen MR) is 105 cm³/mol. The monoisotopic (exact) mass is 372 g/mol. The number of aromatic hydroxyl groups is 1. The van der Waals surface area contributed by atoms with E-state index < -0.39 is 0 Å². The van der Waals surface area contributed by atoms with E-state index in [4.69, 9.17) is 17.0 Å². The third-order valence-corrected chi connectivity index (χ3v) is 4.98. The fraction of sp³-hybridized carbons (Fsp3) is 0.111. The van der Waals surface area contributed by atoms with Gasteiger partial charge in [0.25, 0.3) is 5.91 Å². The number of hydrogen-bond donors (Lipinski definition) is 2. The predicted octanol–water partition coefficient (Wildman–Crippen LogP) is 3.67. The average Bonchev–Trinajstić information content (AvgIpc) is 2.89. The molecule has 5 nitrogen and oxygen atoms in total. The Labute approximate surface area is 155 Å². The lowest BCUT2D eigenvalue weighted by Gasteiger charge is -2.17. The van der Waals surface area contributed by atoms with E-state index in [0.29, 0.717) is 15.0 Å². The minimum Gasteiger partial charge on any atom is -0.508 e. The van der Waals surface area contributed by atoms with Gasteiger partial charge in [-0.3, -0.25) is 9.69 Å². The summed E-state index contributed by atoms with van der Waals surface area (Å²) >= 11 is 6.59. The van der Waals surface area contributed by atoms with Crippen LogP contribution in [-0.2, 0) is 4.79 Å². The summed E-state index contributed by atoms with van der Waals surface area (Å²) in [6.07, 6.45) is 1.77. The van der Waals surface area contributed by atoms with E-state index in [9.17, 15) is 9.90 Å². The highest BCUT2D eigenvalue weighted by Gasteiger charge is 2.31. The fourth-order valence-electron chi connectivity index (χ4n) is 2.31. The molecule has 128 valence electrons. The molecule has 0 bridgehead atoms. The number of phenols is 1. The number of anilines is 1. The van der Waals surface area contributed by atoms with E-state index in [-0.39, 0.29) is 18.3 Å². The molecule has 0 aliphatic carbocycles. The largest absolute Gasteiger partial charge is 0.508 e. The summed E-state index contributed by atoms with van der Waals surface area (Å²) in [6, 6.07) is 14.1. The van der Waals surface area contributed by atoms with Crippen molar-refractivity contribution < 1.29 is 14.6 Å². The lowest BCUT2D eigenvalue weighted by atomic mass is 10.2. The number of phenolic OH excluding ortho intramolecular Hbond substituents is 1. The normalized spacial score (nSPS) is 15.7. The molecule has 0 aromatic heterocycles. The van der Waals surface area contributed by atoms with Gasteiger partial charge >= 0.3 is 0 Å². The van der Waals surface area contributed by atoms with Gasteiger partial charge in [0.05, 0.1) is 24.4 Å². The number of para-hydroxylation sites is 2. The standard InChI is InChI=1S/C18H16N2O3S2/c1-23-15-5-3-2-4-14(15)19-11-20-17(22)16(25-18(20)24)10-12-6-8-13(21)9-7-12/h2-10,19,21H,11H2,1H3/b16-10+. The van der Waals surface area contributed by atoms with Gasteiger partial charge in [0, 0.05) is 0 Å². The van der Waals surface area contributed by atoms with Gasteiger partial charge in [0.2, 0.25) is 0 Å². The quantitative estimate of drug-likeness (QED) is 0.617. The minimum atomic E-state index is -0.148. The lowest BCUT2D eigenvalue weighted by Crippen LogP contribution is -2.33. The van der Waals surface area contributed by atoms with Gasteiger partial charge in [-0.2, -0.15) is 0 Å². The molecular weight excluding hydrogens is 356 g/mol. The first kappa shape index (κ1) is 17.3. The second-order valence-corrected chi connectivity index (χ2v) is 6.91. The van der Waals surface area contributed by atoms with Gasteiger partial charge in [-0.25, -0.2) is 0 Å². The number of methoxy groups -OCH3 is 1. The van der Waals surface area contributed by atoms with Crippen molar-refractivity contribution in [2.75, 3.05) is 19.1 Å². The Morgan fingerprint density at radius 3 is 2.68 bits per heavy atom. The SMILES string of the molecule is COc1ccccc1NCN1C(=O)/C(=C\c2ccc(O)cc2)SC1=S. The van der Waals surface area contributed by atoms with Crippen LogP contribution in [-0.4, -0.2) is 34.0 Å². The molecule has 1 fully saturated rings. The molecular formula is C18H16N2O3S2. The molecule has 2 aromatic rings. The van der Waals surface area contributed by atoms with Gasteiger partial charge in [-0.05, 0) is 35.9 Å². The van der Waals surface area contributed by atoms with Gasteiger partial charge < -0.3 is 15.2 Å². The van der Waals surface area contributed by atoms with Gasteiger partial charge in [-0.1, -0.05) is 48.2 Å². The van der Waals surface area contributed by atoms with E-state index in [1.807, 2.05) is 24.3 Å². The molecule has 2 N–H and O–H groups in total. The molecule has 25 heavy (non-hydrogen) atoms. The zero-order valence-electron chi connectivity index (χ0n) is 13.4. The first-order valence-corrected chi connectivity index (χ1v) is 8.72. The Bertz CT molecular complexity index is 834. The van der Waals surface area contributed by atoms with E-state index in [0.717, 1.165) is 11.3 Å². The number of carbonyl (C=O) groups is 1. The molecule has 1 aliphatic rings. The highest BCUT2D eigenvalue weighted by atomic mass is 32.2. The van der Waals surface area contributed by atoms with Crippen LogP contribution in [0.3, 0.4) is 0 Å². The number of thiocarbonyl (C=S) groups is 1. The Morgan fingerprint density at radius 1 is 1.24 bits per heavy atom. The molecule has 0 spiro atoms. The van der Waals surface area contributed by atoms with Crippen molar-refractivity contribution in [3.05, 3.63) is 59.0 Å². The van der Waals surface area contributed by atoms with Crippen LogP contribution in [0.1, 0.15) is 5.56 Å². The number of nitrogens with one attached hydrogen (secondary N) is 1. The number of hydrogen-bond acceptors (Lipinski definition) is 6. The van der Waals surface area contributed by atoms with Crippen molar-refractivity contribution in [2.45, 2.75) is 0 Å². The maximum Gasteiger partial charge on any atom is 0.267 e. The maximum atomic E-state index is 12.6. The van der Waals surface area contributed by atoms with Crippen LogP contribution in [0.2, 0.25) is 0 Å². The molecule has 0 radical (unpaired) electrons. The molecule has 0 unspecified atom stereocenters. The van der Waals surface area contributed by atoms with Crippen molar-refractivity contribution >= 4 is 46.0 Å². The van der Waals surface area contributed by atoms with Crippen LogP contribution in [0, 0.1) is 0 Å². The summed E-state index contributed by atoms with van der Waals surface area (Å²) < 4.78 is 5.79. The summed E-state index contributed by atoms with van der Waals surface area (Å²) in [4.78, 5) is 14.7.